The summed E-state index contributed by atoms with van der Waals surface area (Å²) in [6, 6.07) is 8.18. The summed E-state index contributed by atoms with van der Waals surface area (Å²) in [7, 11) is 0. The van der Waals surface area contributed by atoms with Crippen LogP contribution in [0.4, 0.5) is 0 Å². The molecule has 2 aromatic carbocycles. The smallest absolute Gasteiger partial charge is 0.232 e. The van der Waals surface area contributed by atoms with Crippen LogP contribution in [0.25, 0.3) is 11.0 Å². The van der Waals surface area contributed by atoms with Gasteiger partial charge in [0.25, 0.3) is 0 Å². The summed E-state index contributed by atoms with van der Waals surface area (Å²) in [4.78, 5) is 24.8. The number of phenols is 2. The van der Waals surface area contributed by atoms with Crippen molar-refractivity contribution in [2.24, 2.45) is 0 Å². The van der Waals surface area contributed by atoms with Gasteiger partial charge in [-0.2, -0.15) is 0 Å². The van der Waals surface area contributed by atoms with Crippen LogP contribution in [0.1, 0.15) is 16.1 Å². The summed E-state index contributed by atoms with van der Waals surface area (Å²) in [5, 5.41) is 19.7. The second kappa shape index (κ2) is 5.02. The molecule has 0 saturated heterocycles. The maximum atomic E-state index is 12.7. The van der Waals surface area contributed by atoms with E-state index in [4.69, 9.17) is 13.9 Å². The van der Waals surface area contributed by atoms with Gasteiger partial charge in [0.05, 0.1) is 5.56 Å². The van der Waals surface area contributed by atoms with E-state index in [0.717, 1.165) is 6.07 Å². The van der Waals surface area contributed by atoms with E-state index in [0.29, 0.717) is 0 Å². The van der Waals surface area contributed by atoms with E-state index < -0.39 is 11.2 Å². The van der Waals surface area contributed by atoms with Crippen LogP contribution in [0.2, 0.25) is 0 Å². The lowest BCUT2D eigenvalue weighted by molar-refractivity contribution is 0.0882. The van der Waals surface area contributed by atoms with Crippen molar-refractivity contribution in [1.29, 1.82) is 0 Å². The predicted octanol–water partition coefficient (Wildman–Crippen LogP) is 2.16. The molecule has 0 saturated carbocycles. The van der Waals surface area contributed by atoms with E-state index in [2.05, 4.69) is 0 Å². The average molecular weight is 326 g/mol. The van der Waals surface area contributed by atoms with Crippen LogP contribution in [-0.4, -0.2) is 22.8 Å². The number of aromatic hydroxyl groups is 2. The van der Waals surface area contributed by atoms with E-state index in [1.807, 2.05) is 0 Å². The zero-order chi connectivity index (χ0) is 16.8. The molecular weight excluding hydrogens is 316 g/mol. The zero-order valence-electron chi connectivity index (χ0n) is 12.1. The van der Waals surface area contributed by atoms with Crippen molar-refractivity contribution in [3.63, 3.8) is 0 Å². The molecular formula is C17H10O7. The molecule has 1 aromatic heterocycles. The third-order valence-electron chi connectivity index (χ3n) is 3.71. The number of carbonyl (C=O) groups is 1. The molecule has 0 unspecified atom stereocenters. The molecule has 7 nitrogen and oxygen atoms in total. The number of benzene rings is 2. The molecule has 0 fully saturated rings. The maximum Gasteiger partial charge on any atom is 0.232 e. The molecule has 0 amide bonds. The molecule has 1 aliphatic heterocycles. The van der Waals surface area contributed by atoms with E-state index in [-0.39, 0.29) is 52.1 Å². The van der Waals surface area contributed by atoms with Gasteiger partial charge in [-0.25, -0.2) is 0 Å². The molecule has 4 rings (SSSR count). The lowest BCUT2D eigenvalue weighted by Crippen LogP contribution is -2.15. The Morgan fingerprint density at radius 2 is 1.92 bits per heavy atom. The molecule has 2 heterocycles. The molecule has 0 spiro atoms. The van der Waals surface area contributed by atoms with Crippen LogP contribution in [0.5, 0.6) is 23.0 Å². The van der Waals surface area contributed by atoms with Crippen LogP contribution in [-0.2, 0) is 0 Å². The minimum Gasteiger partial charge on any atom is -0.507 e. The van der Waals surface area contributed by atoms with Gasteiger partial charge in [0.2, 0.25) is 18.3 Å². The van der Waals surface area contributed by atoms with E-state index in [1.165, 1.54) is 30.3 Å². The Morgan fingerprint density at radius 3 is 2.75 bits per heavy atom. The van der Waals surface area contributed by atoms with Crippen molar-refractivity contribution >= 4 is 16.8 Å². The minimum absolute atomic E-state index is 0.00163. The van der Waals surface area contributed by atoms with Crippen molar-refractivity contribution in [2.45, 2.75) is 0 Å². The first-order chi connectivity index (χ1) is 11.6. The minimum atomic E-state index is -0.629. The molecule has 0 atom stereocenters. The molecule has 0 aliphatic carbocycles. The van der Waals surface area contributed by atoms with Crippen LogP contribution in [0.3, 0.4) is 0 Å². The second-order valence-electron chi connectivity index (χ2n) is 5.15. The number of hydrogen-bond acceptors (Lipinski definition) is 7. The molecule has 0 radical (unpaired) electrons. The molecule has 1 aliphatic rings. The number of carbonyl (C=O) groups excluding carboxylic acids is 1. The Bertz CT molecular complexity index is 1050. The van der Waals surface area contributed by atoms with E-state index >= 15 is 0 Å². The molecule has 7 heteroatoms. The van der Waals surface area contributed by atoms with Gasteiger partial charge in [-0.3, -0.25) is 9.59 Å². The Kier molecular flexibility index (Phi) is 2.96. The zero-order valence-corrected chi connectivity index (χ0v) is 12.1. The maximum absolute atomic E-state index is 12.7. The van der Waals surface area contributed by atoms with Crippen molar-refractivity contribution in [1.82, 2.24) is 0 Å². The van der Waals surface area contributed by atoms with Crippen molar-refractivity contribution in [2.75, 3.05) is 6.79 Å². The lowest BCUT2D eigenvalue weighted by atomic mass is 10.0. The highest BCUT2D eigenvalue weighted by Crippen LogP contribution is 2.42. The summed E-state index contributed by atoms with van der Waals surface area (Å²) < 4.78 is 15.7. The Labute approximate surface area is 134 Å². The largest absolute Gasteiger partial charge is 0.507 e. The summed E-state index contributed by atoms with van der Waals surface area (Å²) in [5.41, 5.74) is -0.414. The van der Waals surface area contributed by atoms with E-state index in [1.54, 1.807) is 0 Å². The number of fused-ring (bicyclic) bond motifs is 3. The summed E-state index contributed by atoms with van der Waals surface area (Å²) >= 11 is 0. The first-order valence-corrected chi connectivity index (χ1v) is 6.98. The van der Waals surface area contributed by atoms with Gasteiger partial charge in [-0.05, 0) is 24.3 Å². The number of rotatable bonds is 2. The Balaban J connectivity index is 1.89. The van der Waals surface area contributed by atoms with Gasteiger partial charge in [-0.1, -0.05) is 6.07 Å². The molecule has 2 N–H and O–H groups in total. The van der Waals surface area contributed by atoms with Crippen molar-refractivity contribution < 1.29 is 28.9 Å². The summed E-state index contributed by atoms with van der Waals surface area (Å²) in [6.07, 6.45) is 0. The highest BCUT2D eigenvalue weighted by molar-refractivity contribution is 6.10. The summed E-state index contributed by atoms with van der Waals surface area (Å²) in [6.45, 7) is -0.134. The van der Waals surface area contributed by atoms with Crippen molar-refractivity contribution in [3.8, 4) is 23.0 Å². The molecule has 2 bridgehead atoms. The lowest BCUT2D eigenvalue weighted by Gasteiger charge is -2.20. The Morgan fingerprint density at radius 1 is 1.08 bits per heavy atom. The number of hydrogen-bond donors (Lipinski definition) is 2. The third kappa shape index (κ3) is 1.98. The van der Waals surface area contributed by atoms with Gasteiger partial charge in [0, 0.05) is 6.07 Å². The molecule has 120 valence electrons. The van der Waals surface area contributed by atoms with Crippen LogP contribution in [0.15, 0.2) is 45.6 Å². The second-order valence-corrected chi connectivity index (χ2v) is 5.15. The van der Waals surface area contributed by atoms with Crippen LogP contribution in [0, 0.1) is 0 Å². The summed E-state index contributed by atoms with van der Waals surface area (Å²) in [5.74, 6) is -1.18. The van der Waals surface area contributed by atoms with Gasteiger partial charge in [0.15, 0.2) is 22.7 Å². The fraction of sp³-hybridized carbons (Fsp3) is 0.0588. The fourth-order valence-electron chi connectivity index (χ4n) is 2.58. The molecule has 3 aromatic rings. The van der Waals surface area contributed by atoms with Crippen molar-refractivity contribution in [3.05, 3.63) is 57.9 Å². The monoisotopic (exact) mass is 326 g/mol. The SMILES string of the molecule is O=C(c1cc(=O)c2c(O)cccc2o1)c1ccc2c(O)c1OCO2. The quantitative estimate of drug-likeness (QED) is 0.695. The first kappa shape index (κ1) is 14.1. The average Bonchev–Trinajstić information content (AvgIpc) is 2.54. The molecule has 24 heavy (non-hydrogen) atoms. The van der Waals surface area contributed by atoms with Crippen LogP contribution < -0.4 is 14.9 Å². The van der Waals surface area contributed by atoms with Gasteiger partial charge >= 0.3 is 0 Å². The standard InChI is InChI=1S/C17H10O7/c18-9-2-1-3-11-14(9)10(19)6-13(24-11)15(20)8-4-5-12-16(21)17(8)23-7-22-12/h1-6,18,21H,7H2. The normalized spacial score (nSPS) is 12.5. The number of ketones is 1. The predicted molar refractivity (Wildman–Crippen MR) is 81.8 cm³/mol. The topological polar surface area (TPSA) is 106 Å². The first-order valence-electron chi connectivity index (χ1n) is 6.98. The van der Waals surface area contributed by atoms with Gasteiger partial charge in [-0.15, -0.1) is 0 Å². The van der Waals surface area contributed by atoms with Gasteiger partial charge in [0.1, 0.15) is 16.7 Å². The number of phenolic OH excluding ortho intramolecular Hbond substituents is 2. The van der Waals surface area contributed by atoms with Gasteiger partial charge < -0.3 is 24.1 Å². The number of ether oxygens (including phenoxy) is 2. The Hall–Kier alpha value is -3.48. The fourth-order valence-corrected chi connectivity index (χ4v) is 2.58. The van der Waals surface area contributed by atoms with E-state index in [9.17, 15) is 19.8 Å². The van der Waals surface area contributed by atoms with Crippen LogP contribution >= 0.6 is 0 Å². The highest BCUT2D eigenvalue weighted by atomic mass is 16.7. The highest BCUT2D eigenvalue weighted by Gasteiger charge is 2.26. The third-order valence-corrected chi connectivity index (χ3v) is 3.71.